The van der Waals surface area contributed by atoms with Crippen molar-refractivity contribution in [2.24, 2.45) is 0 Å². The van der Waals surface area contributed by atoms with Crippen molar-refractivity contribution in [3.8, 4) is 5.75 Å². The maximum absolute atomic E-state index is 12.4. The van der Waals surface area contributed by atoms with E-state index in [4.69, 9.17) is 16.3 Å². The molecule has 0 radical (unpaired) electrons. The van der Waals surface area contributed by atoms with Crippen molar-refractivity contribution in [1.29, 1.82) is 0 Å². The first-order chi connectivity index (χ1) is 15.3. The molecule has 168 valence electrons. The van der Waals surface area contributed by atoms with Crippen LogP contribution in [0, 0.1) is 0 Å². The number of ether oxygens (including phenoxy) is 1. The Morgan fingerprint density at radius 3 is 2.09 bits per heavy atom. The molecule has 6 nitrogen and oxygen atoms in total. The predicted octanol–water partition coefficient (Wildman–Crippen LogP) is 4.63. The molecule has 0 aliphatic carbocycles. The van der Waals surface area contributed by atoms with Crippen LogP contribution in [0.5, 0.6) is 5.75 Å². The maximum Gasteiger partial charge on any atom is 0.251 e. The van der Waals surface area contributed by atoms with Crippen LogP contribution in [0.25, 0.3) is 0 Å². The lowest BCUT2D eigenvalue weighted by Crippen LogP contribution is -2.29. The van der Waals surface area contributed by atoms with Crippen molar-refractivity contribution in [2.75, 3.05) is 17.2 Å². The third-order valence-electron chi connectivity index (χ3n) is 4.74. The molecule has 3 aromatic rings. The zero-order chi connectivity index (χ0) is 23.1. The zero-order valence-corrected chi connectivity index (χ0v) is 19.5. The summed E-state index contributed by atoms with van der Waals surface area (Å²) in [5, 5.41) is 3.50. The second-order valence-electron chi connectivity index (χ2n) is 7.20. The molecule has 3 aromatic carbocycles. The van der Waals surface area contributed by atoms with Crippen LogP contribution >= 0.6 is 11.6 Å². The fourth-order valence-electron chi connectivity index (χ4n) is 3.09. The highest BCUT2D eigenvalue weighted by molar-refractivity contribution is 7.92. The molecule has 0 atom stereocenters. The summed E-state index contributed by atoms with van der Waals surface area (Å²) >= 11 is 5.87. The second-order valence-corrected chi connectivity index (χ2v) is 9.55. The molecule has 0 aliphatic rings. The molecule has 32 heavy (non-hydrogen) atoms. The quantitative estimate of drug-likeness (QED) is 0.492. The maximum atomic E-state index is 12.4. The number of nitrogens with zero attached hydrogens (tertiary/aromatic N) is 1. The van der Waals surface area contributed by atoms with E-state index in [1.54, 1.807) is 60.7 Å². The van der Waals surface area contributed by atoms with Gasteiger partial charge in [0, 0.05) is 17.1 Å². The van der Waals surface area contributed by atoms with Crippen molar-refractivity contribution < 1.29 is 17.9 Å². The van der Waals surface area contributed by atoms with Crippen molar-refractivity contribution in [3.05, 3.63) is 94.5 Å². The zero-order valence-electron chi connectivity index (χ0n) is 17.9. The minimum absolute atomic E-state index is 0.152. The number of halogens is 1. The van der Waals surface area contributed by atoms with Gasteiger partial charge in [-0.2, -0.15) is 0 Å². The number of hydrogen-bond donors (Lipinski definition) is 1. The molecule has 0 unspecified atom stereocenters. The number of hydrogen-bond acceptors (Lipinski definition) is 4. The van der Waals surface area contributed by atoms with Crippen LogP contribution in [0.2, 0.25) is 5.02 Å². The second kappa shape index (κ2) is 10.5. The molecule has 0 spiro atoms. The summed E-state index contributed by atoms with van der Waals surface area (Å²) < 4.78 is 31.5. The Morgan fingerprint density at radius 2 is 1.53 bits per heavy atom. The summed E-state index contributed by atoms with van der Waals surface area (Å²) in [4.78, 5) is 12.4. The molecule has 1 N–H and O–H groups in total. The monoisotopic (exact) mass is 472 g/mol. The van der Waals surface area contributed by atoms with Crippen molar-refractivity contribution in [1.82, 2.24) is 5.32 Å². The number of anilines is 1. The van der Waals surface area contributed by atoms with Gasteiger partial charge in [-0.1, -0.05) is 35.9 Å². The molecule has 0 fully saturated rings. The van der Waals surface area contributed by atoms with Gasteiger partial charge in [0.05, 0.1) is 25.1 Å². The van der Waals surface area contributed by atoms with E-state index in [1.165, 1.54) is 10.6 Å². The predicted molar refractivity (Wildman–Crippen MR) is 128 cm³/mol. The van der Waals surface area contributed by atoms with Crippen LogP contribution in [-0.4, -0.2) is 27.2 Å². The first-order valence-corrected chi connectivity index (χ1v) is 12.3. The van der Waals surface area contributed by atoms with E-state index in [9.17, 15) is 13.2 Å². The van der Waals surface area contributed by atoms with Gasteiger partial charge in [-0.3, -0.25) is 9.10 Å². The third-order valence-corrected chi connectivity index (χ3v) is 6.14. The van der Waals surface area contributed by atoms with Crippen molar-refractivity contribution in [3.63, 3.8) is 0 Å². The van der Waals surface area contributed by atoms with Crippen LogP contribution < -0.4 is 14.4 Å². The molecule has 0 aromatic heterocycles. The summed E-state index contributed by atoms with van der Waals surface area (Å²) in [7, 11) is -3.51. The standard InChI is InChI=1S/C24H25ClN2O4S/c1-3-31-23-14-12-22(13-15-23)27(32(2,29)30)17-19-4-8-20(9-5-19)24(28)26-16-18-6-10-21(25)11-7-18/h4-15H,3,16-17H2,1-2H3,(H,26,28). The highest BCUT2D eigenvalue weighted by atomic mass is 35.5. The van der Waals surface area contributed by atoms with Crippen molar-refractivity contribution in [2.45, 2.75) is 20.0 Å². The van der Waals surface area contributed by atoms with E-state index < -0.39 is 10.0 Å². The van der Waals surface area contributed by atoms with Crippen LogP contribution in [-0.2, 0) is 23.1 Å². The average molecular weight is 473 g/mol. The number of rotatable bonds is 9. The normalized spacial score (nSPS) is 11.1. The fourth-order valence-corrected chi connectivity index (χ4v) is 4.10. The lowest BCUT2D eigenvalue weighted by molar-refractivity contribution is 0.0951. The first-order valence-electron chi connectivity index (χ1n) is 10.1. The van der Waals surface area contributed by atoms with Gasteiger partial charge in [-0.05, 0) is 66.6 Å². The van der Waals surface area contributed by atoms with Gasteiger partial charge >= 0.3 is 0 Å². The number of amides is 1. The van der Waals surface area contributed by atoms with E-state index >= 15 is 0 Å². The Labute approximate surface area is 193 Å². The van der Waals surface area contributed by atoms with Gasteiger partial charge in [-0.25, -0.2) is 8.42 Å². The van der Waals surface area contributed by atoms with Crippen LogP contribution in [0.15, 0.2) is 72.8 Å². The molecule has 0 heterocycles. The molecule has 0 saturated carbocycles. The van der Waals surface area contributed by atoms with Gasteiger partial charge in [0.25, 0.3) is 5.91 Å². The Morgan fingerprint density at radius 1 is 0.938 bits per heavy atom. The molecular weight excluding hydrogens is 448 g/mol. The smallest absolute Gasteiger partial charge is 0.251 e. The van der Waals surface area contributed by atoms with E-state index in [-0.39, 0.29) is 12.5 Å². The minimum Gasteiger partial charge on any atom is -0.494 e. The lowest BCUT2D eigenvalue weighted by atomic mass is 10.1. The highest BCUT2D eigenvalue weighted by Gasteiger charge is 2.18. The Kier molecular flexibility index (Phi) is 7.77. The van der Waals surface area contributed by atoms with E-state index in [1.807, 2.05) is 19.1 Å². The van der Waals surface area contributed by atoms with E-state index in [0.717, 1.165) is 11.1 Å². The molecule has 1 amide bonds. The van der Waals surface area contributed by atoms with Gasteiger partial charge in [0.2, 0.25) is 10.0 Å². The summed E-state index contributed by atoms with van der Waals surface area (Å²) in [5.74, 6) is 0.469. The number of carbonyl (C=O) groups excluding carboxylic acids is 1. The largest absolute Gasteiger partial charge is 0.494 e. The summed E-state index contributed by atoms with van der Waals surface area (Å²) in [6.45, 7) is 2.96. The summed E-state index contributed by atoms with van der Waals surface area (Å²) in [5.41, 5.74) is 2.74. The van der Waals surface area contributed by atoms with Gasteiger partial charge in [0.15, 0.2) is 0 Å². The highest BCUT2D eigenvalue weighted by Crippen LogP contribution is 2.24. The van der Waals surface area contributed by atoms with Gasteiger partial charge < -0.3 is 10.1 Å². The lowest BCUT2D eigenvalue weighted by Gasteiger charge is -2.23. The van der Waals surface area contributed by atoms with Gasteiger partial charge in [-0.15, -0.1) is 0 Å². The molecule has 0 bridgehead atoms. The average Bonchev–Trinajstić information content (AvgIpc) is 2.77. The molecule has 3 rings (SSSR count). The summed E-state index contributed by atoms with van der Waals surface area (Å²) in [6.07, 6.45) is 1.17. The van der Waals surface area contributed by atoms with Crippen LogP contribution in [0.3, 0.4) is 0 Å². The molecular formula is C24H25ClN2O4S. The molecule has 8 heteroatoms. The summed E-state index contributed by atoms with van der Waals surface area (Å²) in [6, 6.07) is 21.0. The van der Waals surface area contributed by atoms with Crippen LogP contribution in [0.4, 0.5) is 5.69 Å². The Bertz CT molecular complexity index is 1150. The van der Waals surface area contributed by atoms with E-state index in [2.05, 4.69) is 5.32 Å². The third kappa shape index (κ3) is 6.48. The topological polar surface area (TPSA) is 75.7 Å². The Balaban J connectivity index is 1.67. The number of carbonyl (C=O) groups is 1. The fraction of sp³-hybridized carbons (Fsp3) is 0.208. The Hall–Kier alpha value is -3.03. The number of benzene rings is 3. The minimum atomic E-state index is -3.51. The molecule has 0 aliphatic heterocycles. The molecule has 0 saturated heterocycles. The SMILES string of the molecule is CCOc1ccc(N(Cc2ccc(C(=O)NCc3ccc(Cl)cc3)cc2)S(C)(=O)=O)cc1. The van der Waals surface area contributed by atoms with E-state index in [0.29, 0.717) is 35.2 Å². The van der Waals surface area contributed by atoms with Gasteiger partial charge in [0.1, 0.15) is 5.75 Å². The van der Waals surface area contributed by atoms with Crippen molar-refractivity contribution >= 4 is 33.2 Å². The van der Waals surface area contributed by atoms with Crippen LogP contribution in [0.1, 0.15) is 28.4 Å². The first kappa shape index (κ1) is 23.6. The number of nitrogens with one attached hydrogen (secondary N) is 1. The number of sulfonamides is 1.